The number of hydrogen-bond acceptors (Lipinski definition) is 0. The Morgan fingerprint density at radius 3 is 1.78 bits per heavy atom. The first-order valence-electron chi connectivity index (χ1n) is 7.62. The van der Waals surface area contributed by atoms with Gasteiger partial charge in [0, 0.05) is 0 Å². The summed E-state index contributed by atoms with van der Waals surface area (Å²) in [6.07, 6.45) is 14.0. The van der Waals surface area contributed by atoms with Crippen molar-refractivity contribution in [2.75, 3.05) is 0 Å². The van der Waals surface area contributed by atoms with Gasteiger partial charge in [0.15, 0.2) is 0 Å². The largest absolute Gasteiger partial charge is 1.00 e. The van der Waals surface area contributed by atoms with E-state index in [1.807, 2.05) is 0 Å². The average Bonchev–Trinajstić information content (AvgIpc) is 2.88. The van der Waals surface area contributed by atoms with Crippen LogP contribution >= 0.6 is 0 Å². The Kier molecular flexibility index (Phi) is 17.7. The molecule has 2 aliphatic carbocycles. The normalized spacial score (nSPS) is 18.0. The van der Waals surface area contributed by atoms with Gasteiger partial charge in [-0.3, -0.25) is 12.2 Å². The van der Waals surface area contributed by atoms with Crippen LogP contribution in [-0.2, 0) is 21.6 Å². The number of halogens is 2. The molecule has 0 radical (unpaired) electrons. The summed E-state index contributed by atoms with van der Waals surface area (Å²) in [5, 5.41) is 0. The topological polar surface area (TPSA) is 0 Å². The molecule has 2 rings (SSSR count). The molecule has 2 aliphatic rings. The van der Waals surface area contributed by atoms with E-state index < -0.39 is 0 Å². The molecule has 0 aromatic heterocycles. The molecule has 130 valence electrons. The predicted molar refractivity (Wildman–Crippen MR) is 92.8 cm³/mol. The van der Waals surface area contributed by atoms with Gasteiger partial charge in [-0.15, -0.1) is 13.3 Å². The number of rotatable bonds is 0. The van der Waals surface area contributed by atoms with E-state index in [1.165, 1.54) is 16.7 Å². The zero-order valence-electron chi connectivity index (χ0n) is 15.8. The molecule has 0 saturated carbocycles. The maximum absolute atomic E-state index is 3.29. The summed E-state index contributed by atoms with van der Waals surface area (Å²) >= 11 is 1.80. The minimum Gasteiger partial charge on any atom is -1.00 e. The van der Waals surface area contributed by atoms with Crippen LogP contribution in [0.25, 0.3) is 0 Å². The van der Waals surface area contributed by atoms with E-state index in [0.29, 0.717) is 11.3 Å². The van der Waals surface area contributed by atoms with Crippen molar-refractivity contribution in [3.05, 3.63) is 47.1 Å². The van der Waals surface area contributed by atoms with Crippen molar-refractivity contribution in [2.45, 2.75) is 59.5 Å². The van der Waals surface area contributed by atoms with Crippen molar-refractivity contribution >= 4 is 9.98 Å². The van der Waals surface area contributed by atoms with Crippen LogP contribution in [0.1, 0.15) is 48.0 Å². The van der Waals surface area contributed by atoms with E-state index in [9.17, 15) is 0 Å². The van der Waals surface area contributed by atoms with E-state index in [1.54, 1.807) is 21.6 Å². The van der Waals surface area contributed by atoms with Gasteiger partial charge >= 0.3 is 43.1 Å². The van der Waals surface area contributed by atoms with Gasteiger partial charge in [0.2, 0.25) is 0 Å². The van der Waals surface area contributed by atoms with E-state index in [-0.39, 0.29) is 34.8 Å². The zero-order valence-corrected chi connectivity index (χ0v) is 21.8. The Hall–Kier alpha value is 0.966. The van der Waals surface area contributed by atoms with Gasteiger partial charge in [-0.25, -0.2) is 17.2 Å². The fourth-order valence-corrected chi connectivity index (χ4v) is 1.92. The van der Waals surface area contributed by atoms with Gasteiger partial charge in [-0.2, -0.15) is 17.7 Å². The standard InChI is InChI=1S/C9H13.C8H11.C2H6Ge.2ClH.Zr/c1-9(2,3)8-6-4-5-7-8;1-6-4-7(2)8(3)5-6;1-3-2;;;/h6-7H,4H2,1-3H3;4,6H,1-3H3;1-2H3;2*1H;/q2*-1;;;;+2/p-2. The second kappa shape index (κ2) is 14.2. The van der Waals surface area contributed by atoms with Gasteiger partial charge in [-0.05, 0) is 0 Å². The SMILES string of the molecule is CC(C)(C)C1=CC[C-]=C1.CC1=[C-]C(C)C=C1C.[CH3][Ge]([CH3])=[Zr+2].[Cl-].[Cl-]. The first-order valence-corrected chi connectivity index (χ1v) is 19.2. The van der Waals surface area contributed by atoms with Crippen LogP contribution in [0.5, 0.6) is 0 Å². The summed E-state index contributed by atoms with van der Waals surface area (Å²) < 4.78 is 0. The molecule has 0 saturated heterocycles. The Balaban J connectivity index is -0.000000267. The van der Waals surface area contributed by atoms with Gasteiger partial charge in [0.1, 0.15) is 0 Å². The molecular formula is C19H30Cl2GeZr-2. The van der Waals surface area contributed by atoms with Crippen molar-refractivity contribution in [2.24, 2.45) is 11.3 Å². The molecule has 1 atom stereocenters. The Bertz CT molecular complexity index is 458. The van der Waals surface area contributed by atoms with E-state index in [2.05, 4.69) is 83.4 Å². The third-order valence-corrected chi connectivity index (χ3v) is 3.10. The molecule has 0 N–H and O–H groups in total. The molecule has 4 heteroatoms. The molecular weight excluding hydrogens is 463 g/mol. The second-order valence-electron chi connectivity index (χ2n) is 6.87. The molecule has 0 spiro atoms. The molecule has 0 bridgehead atoms. The summed E-state index contributed by atoms with van der Waals surface area (Å²) in [7, 11) is -0.243. The van der Waals surface area contributed by atoms with Crippen LogP contribution in [0.3, 0.4) is 0 Å². The molecule has 0 aromatic carbocycles. The Labute approximate surface area is 173 Å². The predicted octanol–water partition coefficient (Wildman–Crippen LogP) is -0.154. The Morgan fingerprint density at radius 1 is 1.17 bits per heavy atom. The molecule has 1 unspecified atom stereocenters. The monoisotopic (exact) mass is 492 g/mol. The summed E-state index contributed by atoms with van der Waals surface area (Å²) in [5.41, 5.74) is 4.45. The minimum atomic E-state index is -0.243. The number of hydrogen-bond donors (Lipinski definition) is 0. The van der Waals surface area contributed by atoms with Crippen molar-refractivity contribution in [3.8, 4) is 0 Å². The smallest absolute Gasteiger partial charge is 1.00 e. The van der Waals surface area contributed by atoms with E-state index in [4.69, 9.17) is 0 Å². The fourth-order valence-electron chi connectivity index (χ4n) is 1.92. The minimum absolute atomic E-state index is 0. The first-order chi connectivity index (χ1) is 9.54. The summed E-state index contributed by atoms with van der Waals surface area (Å²) in [6.45, 7) is 13.1. The van der Waals surface area contributed by atoms with E-state index >= 15 is 0 Å². The maximum atomic E-state index is 3.29. The number of allylic oxidation sites excluding steroid dienone is 8. The van der Waals surface area contributed by atoms with Crippen LogP contribution in [-0.4, -0.2) is 9.98 Å². The van der Waals surface area contributed by atoms with Crippen molar-refractivity contribution in [3.63, 3.8) is 0 Å². The Morgan fingerprint density at radius 2 is 1.65 bits per heavy atom. The summed E-state index contributed by atoms with van der Waals surface area (Å²) in [4.78, 5) is 0. The fraction of sp³-hybridized carbons (Fsp3) is 0.579. The van der Waals surface area contributed by atoms with E-state index in [0.717, 1.165) is 6.42 Å². The third-order valence-electron chi connectivity index (χ3n) is 3.10. The summed E-state index contributed by atoms with van der Waals surface area (Å²) in [5.74, 6) is 5.30. The maximum Gasteiger partial charge on any atom is -1.00 e. The van der Waals surface area contributed by atoms with Gasteiger partial charge in [-0.1, -0.05) is 46.0 Å². The molecule has 0 heterocycles. The third kappa shape index (κ3) is 15.0. The second-order valence-corrected chi connectivity index (χ2v) is 23.8. The van der Waals surface area contributed by atoms with Crippen LogP contribution in [0.2, 0.25) is 11.5 Å². The van der Waals surface area contributed by atoms with Crippen molar-refractivity contribution in [1.82, 2.24) is 0 Å². The van der Waals surface area contributed by atoms with Gasteiger partial charge in [0.05, 0.1) is 0 Å². The molecule has 0 fully saturated rings. The molecule has 0 nitrogen and oxygen atoms in total. The van der Waals surface area contributed by atoms with Crippen molar-refractivity contribution in [1.29, 1.82) is 0 Å². The zero-order chi connectivity index (χ0) is 16.6. The first kappa shape index (κ1) is 28.8. The van der Waals surface area contributed by atoms with Crippen LogP contribution in [0.15, 0.2) is 34.9 Å². The quantitative estimate of drug-likeness (QED) is 0.326. The van der Waals surface area contributed by atoms with Crippen LogP contribution in [0.4, 0.5) is 0 Å². The molecule has 0 aliphatic heterocycles. The summed E-state index contributed by atoms with van der Waals surface area (Å²) in [6, 6.07) is 0. The molecule has 0 amide bonds. The van der Waals surface area contributed by atoms with Gasteiger partial charge in [0.25, 0.3) is 0 Å². The molecule has 23 heavy (non-hydrogen) atoms. The van der Waals surface area contributed by atoms with Crippen LogP contribution in [0, 0.1) is 23.5 Å². The van der Waals surface area contributed by atoms with Crippen LogP contribution < -0.4 is 24.8 Å². The molecule has 0 aromatic rings. The van der Waals surface area contributed by atoms with Gasteiger partial charge < -0.3 is 24.8 Å². The average molecular weight is 493 g/mol. The van der Waals surface area contributed by atoms with Crippen molar-refractivity contribution < 1.29 is 46.4 Å².